The highest BCUT2D eigenvalue weighted by atomic mass is 19.1. The fourth-order valence-electron chi connectivity index (χ4n) is 3.20. The topological polar surface area (TPSA) is 55.1 Å². The van der Waals surface area contributed by atoms with Crippen molar-refractivity contribution in [1.29, 1.82) is 0 Å². The van der Waals surface area contributed by atoms with Gasteiger partial charge in [0.2, 0.25) is 0 Å². The summed E-state index contributed by atoms with van der Waals surface area (Å²) in [6.07, 6.45) is 2.73. The second kappa shape index (κ2) is 6.50. The van der Waals surface area contributed by atoms with E-state index in [9.17, 15) is 9.18 Å². The molecule has 0 aliphatic heterocycles. The summed E-state index contributed by atoms with van der Waals surface area (Å²) in [5, 5.41) is 3.05. The van der Waals surface area contributed by atoms with Crippen LogP contribution in [0.4, 0.5) is 4.39 Å². The Morgan fingerprint density at radius 3 is 2.74 bits per heavy atom. The number of carbonyl (C=O) groups excluding carboxylic acids is 1. The minimum Gasteiger partial charge on any atom is -0.349 e. The maximum Gasteiger partial charge on any atom is 0.251 e. The van der Waals surface area contributed by atoms with E-state index in [4.69, 9.17) is 5.73 Å². The standard InChI is InChI=1S/C19H21FN2O/c1-12-9-15(20)5-8-18(12)13-3-2-4-14(10-13)19(23)22-17-7-6-16(21)11-17/h2-5,8-10,16-17H,6-7,11,21H2,1H3,(H,22,23)/t16-,17+/m1/s1. The van der Waals surface area contributed by atoms with Crippen LogP contribution in [0.2, 0.25) is 0 Å². The molecule has 1 amide bonds. The monoisotopic (exact) mass is 312 g/mol. The van der Waals surface area contributed by atoms with Crippen LogP contribution in [0.5, 0.6) is 0 Å². The molecule has 120 valence electrons. The first kappa shape index (κ1) is 15.7. The van der Waals surface area contributed by atoms with Crippen molar-refractivity contribution in [2.45, 2.75) is 38.3 Å². The molecule has 0 radical (unpaired) electrons. The van der Waals surface area contributed by atoms with E-state index in [1.807, 2.05) is 25.1 Å². The largest absolute Gasteiger partial charge is 0.349 e. The minimum atomic E-state index is -0.252. The maximum absolute atomic E-state index is 13.3. The number of nitrogens with two attached hydrogens (primary N) is 1. The number of hydrogen-bond acceptors (Lipinski definition) is 2. The summed E-state index contributed by atoms with van der Waals surface area (Å²) in [7, 11) is 0. The molecule has 1 fully saturated rings. The highest BCUT2D eigenvalue weighted by Crippen LogP contribution is 2.25. The van der Waals surface area contributed by atoms with Gasteiger partial charge in [-0.1, -0.05) is 18.2 Å². The minimum absolute atomic E-state index is 0.0780. The van der Waals surface area contributed by atoms with Gasteiger partial charge in [0.25, 0.3) is 5.91 Å². The van der Waals surface area contributed by atoms with Gasteiger partial charge in [0.15, 0.2) is 0 Å². The molecule has 1 aliphatic carbocycles. The molecule has 4 heteroatoms. The van der Waals surface area contributed by atoms with E-state index in [-0.39, 0.29) is 23.8 Å². The molecule has 0 bridgehead atoms. The van der Waals surface area contributed by atoms with Crippen molar-refractivity contribution in [3.63, 3.8) is 0 Å². The van der Waals surface area contributed by atoms with E-state index in [0.717, 1.165) is 36.0 Å². The van der Waals surface area contributed by atoms with Crippen LogP contribution in [0.15, 0.2) is 42.5 Å². The van der Waals surface area contributed by atoms with Crippen molar-refractivity contribution in [3.8, 4) is 11.1 Å². The van der Waals surface area contributed by atoms with E-state index in [1.54, 1.807) is 12.1 Å². The number of hydrogen-bond donors (Lipinski definition) is 2. The molecule has 0 aromatic heterocycles. The lowest BCUT2D eigenvalue weighted by molar-refractivity contribution is 0.0937. The molecule has 2 aromatic rings. The lowest BCUT2D eigenvalue weighted by atomic mass is 9.98. The molecule has 2 atom stereocenters. The molecule has 0 saturated heterocycles. The fourth-order valence-corrected chi connectivity index (χ4v) is 3.20. The van der Waals surface area contributed by atoms with Gasteiger partial charge in [-0.3, -0.25) is 4.79 Å². The average Bonchev–Trinajstić information content (AvgIpc) is 2.92. The molecule has 3 rings (SSSR count). The SMILES string of the molecule is Cc1cc(F)ccc1-c1cccc(C(=O)N[C@H]2CC[C@@H](N)C2)c1. The molecule has 2 aromatic carbocycles. The molecule has 23 heavy (non-hydrogen) atoms. The Kier molecular flexibility index (Phi) is 4.44. The van der Waals surface area contributed by atoms with Crippen molar-refractivity contribution < 1.29 is 9.18 Å². The molecular weight excluding hydrogens is 291 g/mol. The molecule has 1 aliphatic rings. The smallest absolute Gasteiger partial charge is 0.251 e. The number of benzene rings is 2. The number of carbonyl (C=O) groups is 1. The zero-order valence-electron chi connectivity index (χ0n) is 13.2. The molecule has 0 heterocycles. The summed E-state index contributed by atoms with van der Waals surface area (Å²) >= 11 is 0. The van der Waals surface area contributed by atoms with Crippen molar-refractivity contribution in [3.05, 3.63) is 59.4 Å². The number of rotatable bonds is 3. The molecule has 0 unspecified atom stereocenters. The number of aryl methyl sites for hydroxylation is 1. The van der Waals surface area contributed by atoms with Crippen LogP contribution in [0, 0.1) is 12.7 Å². The normalized spacial score (nSPS) is 20.5. The van der Waals surface area contributed by atoms with Gasteiger partial charge in [0.05, 0.1) is 0 Å². The van der Waals surface area contributed by atoms with Crippen LogP contribution in [-0.2, 0) is 0 Å². The van der Waals surface area contributed by atoms with Crippen molar-refractivity contribution in [2.24, 2.45) is 5.73 Å². The fraction of sp³-hybridized carbons (Fsp3) is 0.316. The van der Waals surface area contributed by atoms with E-state index < -0.39 is 0 Å². The summed E-state index contributed by atoms with van der Waals surface area (Å²) < 4.78 is 13.3. The van der Waals surface area contributed by atoms with Crippen LogP contribution >= 0.6 is 0 Å². The van der Waals surface area contributed by atoms with Gasteiger partial charge in [0, 0.05) is 17.6 Å². The lowest BCUT2D eigenvalue weighted by Crippen LogP contribution is -2.34. The van der Waals surface area contributed by atoms with Crippen molar-refractivity contribution >= 4 is 5.91 Å². The number of halogens is 1. The second-order valence-electron chi connectivity index (χ2n) is 6.28. The molecular formula is C19H21FN2O. The van der Waals surface area contributed by atoms with Gasteiger partial charge < -0.3 is 11.1 Å². The van der Waals surface area contributed by atoms with Crippen LogP contribution in [0.3, 0.4) is 0 Å². The first-order valence-electron chi connectivity index (χ1n) is 7.96. The van der Waals surface area contributed by atoms with Gasteiger partial charge in [0.1, 0.15) is 5.82 Å². The van der Waals surface area contributed by atoms with Gasteiger partial charge >= 0.3 is 0 Å². The Morgan fingerprint density at radius 1 is 1.22 bits per heavy atom. The molecule has 0 spiro atoms. The van der Waals surface area contributed by atoms with Gasteiger partial charge in [-0.15, -0.1) is 0 Å². The summed E-state index contributed by atoms with van der Waals surface area (Å²) in [6.45, 7) is 1.87. The summed E-state index contributed by atoms with van der Waals surface area (Å²) in [4.78, 5) is 12.4. The predicted molar refractivity (Wildman–Crippen MR) is 89.7 cm³/mol. The van der Waals surface area contributed by atoms with Gasteiger partial charge in [-0.25, -0.2) is 4.39 Å². The lowest BCUT2D eigenvalue weighted by Gasteiger charge is -2.13. The van der Waals surface area contributed by atoms with E-state index in [2.05, 4.69) is 5.32 Å². The van der Waals surface area contributed by atoms with Crippen LogP contribution in [0.1, 0.15) is 35.2 Å². The molecule has 3 N–H and O–H groups in total. The number of nitrogens with one attached hydrogen (secondary N) is 1. The van der Waals surface area contributed by atoms with Crippen LogP contribution in [0.25, 0.3) is 11.1 Å². The van der Waals surface area contributed by atoms with Gasteiger partial charge in [-0.05, 0) is 67.1 Å². The molecule has 1 saturated carbocycles. The Hall–Kier alpha value is -2.20. The summed E-state index contributed by atoms with van der Waals surface area (Å²) in [6, 6.07) is 12.5. The summed E-state index contributed by atoms with van der Waals surface area (Å²) in [5.41, 5.74) is 9.20. The third-order valence-corrected chi connectivity index (χ3v) is 4.43. The highest BCUT2D eigenvalue weighted by Gasteiger charge is 2.23. The van der Waals surface area contributed by atoms with Gasteiger partial charge in [-0.2, -0.15) is 0 Å². The van der Waals surface area contributed by atoms with Crippen LogP contribution < -0.4 is 11.1 Å². The first-order valence-corrected chi connectivity index (χ1v) is 7.96. The summed E-state index contributed by atoms with van der Waals surface area (Å²) in [5.74, 6) is -0.330. The second-order valence-corrected chi connectivity index (χ2v) is 6.28. The zero-order valence-corrected chi connectivity index (χ0v) is 13.2. The van der Waals surface area contributed by atoms with E-state index in [0.29, 0.717) is 5.56 Å². The Morgan fingerprint density at radius 2 is 2.04 bits per heavy atom. The Balaban J connectivity index is 1.80. The van der Waals surface area contributed by atoms with E-state index in [1.165, 1.54) is 12.1 Å². The maximum atomic E-state index is 13.3. The number of amides is 1. The van der Waals surface area contributed by atoms with Crippen molar-refractivity contribution in [1.82, 2.24) is 5.32 Å². The zero-order chi connectivity index (χ0) is 16.4. The molecule has 3 nitrogen and oxygen atoms in total. The Labute approximate surface area is 135 Å². The van der Waals surface area contributed by atoms with Crippen LogP contribution in [-0.4, -0.2) is 18.0 Å². The first-order chi connectivity index (χ1) is 11.0. The highest BCUT2D eigenvalue weighted by molar-refractivity contribution is 5.95. The van der Waals surface area contributed by atoms with E-state index >= 15 is 0 Å². The quantitative estimate of drug-likeness (QED) is 0.912. The average molecular weight is 312 g/mol. The predicted octanol–water partition coefficient (Wildman–Crippen LogP) is 3.41. The third-order valence-electron chi connectivity index (χ3n) is 4.43. The third kappa shape index (κ3) is 3.59. The van der Waals surface area contributed by atoms with Crippen molar-refractivity contribution in [2.75, 3.05) is 0 Å². The Bertz CT molecular complexity index is 729.